The number of halogens is 4. The van der Waals surface area contributed by atoms with Crippen LogP contribution >= 0.6 is 15.9 Å². The minimum atomic E-state index is -4.85. The van der Waals surface area contributed by atoms with Gasteiger partial charge < -0.3 is 9.84 Å². The van der Waals surface area contributed by atoms with E-state index in [-0.39, 0.29) is 17.0 Å². The molecule has 0 aliphatic rings. The Hall–Kier alpha value is -2.88. The number of carbonyl (C=O) groups is 1. The second kappa shape index (κ2) is 6.79. The zero-order valence-corrected chi connectivity index (χ0v) is 14.3. The van der Waals surface area contributed by atoms with Crippen LogP contribution in [0.25, 0.3) is 16.9 Å². The first kappa shape index (κ1) is 17.9. The van der Waals surface area contributed by atoms with Gasteiger partial charge in [0, 0.05) is 16.2 Å². The number of nitrogens with zero attached hydrogens (tertiary/aromatic N) is 3. The molecule has 0 saturated heterocycles. The van der Waals surface area contributed by atoms with Crippen LogP contribution in [0, 0.1) is 0 Å². The van der Waals surface area contributed by atoms with E-state index in [0.717, 1.165) is 12.1 Å². The Bertz CT molecular complexity index is 958. The van der Waals surface area contributed by atoms with Gasteiger partial charge in [-0.15, -0.1) is 13.2 Å². The quantitative estimate of drug-likeness (QED) is 0.671. The van der Waals surface area contributed by atoms with Gasteiger partial charge >= 0.3 is 12.3 Å². The molecular weight excluding hydrogens is 419 g/mol. The van der Waals surface area contributed by atoms with Gasteiger partial charge in [-0.25, -0.2) is 9.48 Å². The molecule has 134 valence electrons. The van der Waals surface area contributed by atoms with Crippen LogP contribution in [0.2, 0.25) is 0 Å². The van der Waals surface area contributed by atoms with Gasteiger partial charge in [-0.3, -0.25) is 4.98 Å². The molecule has 6 nitrogen and oxygen atoms in total. The predicted molar refractivity (Wildman–Crippen MR) is 88.1 cm³/mol. The molecule has 0 atom stereocenters. The van der Waals surface area contributed by atoms with Crippen molar-refractivity contribution in [1.82, 2.24) is 14.8 Å². The zero-order chi connectivity index (χ0) is 18.9. The van der Waals surface area contributed by atoms with Gasteiger partial charge in [0.2, 0.25) is 0 Å². The number of aromatic nitrogens is 3. The van der Waals surface area contributed by atoms with Crippen LogP contribution in [0.3, 0.4) is 0 Å². The van der Waals surface area contributed by atoms with Gasteiger partial charge in [-0.2, -0.15) is 5.10 Å². The molecule has 1 N–H and O–H groups in total. The van der Waals surface area contributed by atoms with Crippen LogP contribution in [0.5, 0.6) is 5.75 Å². The fourth-order valence-electron chi connectivity index (χ4n) is 2.27. The molecule has 10 heteroatoms. The van der Waals surface area contributed by atoms with E-state index in [1.807, 2.05) is 0 Å². The van der Waals surface area contributed by atoms with E-state index in [9.17, 15) is 23.1 Å². The molecule has 0 aliphatic carbocycles. The Morgan fingerprint density at radius 1 is 1.23 bits per heavy atom. The van der Waals surface area contributed by atoms with Gasteiger partial charge in [-0.05, 0) is 36.4 Å². The first-order valence-electron chi connectivity index (χ1n) is 7.03. The molecule has 26 heavy (non-hydrogen) atoms. The minimum Gasteiger partial charge on any atom is -0.476 e. The molecule has 0 amide bonds. The molecule has 2 heterocycles. The number of rotatable bonds is 4. The van der Waals surface area contributed by atoms with Crippen molar-refractivity contribution in [1.29, 1.82) is 0 Å². The molecule has 0 bridgehead atoms. The van der Waals surface area contributed by atoms with Crippen LogP contribution in [0.1, 0.15) is 10.5 Å². The van der Waals surface area contributed by atoms with Crippen LogP contribution in [0.15, 0.2) is 53.3 Å². The summed E-state index contributed by atoms with van der Waals surface area (Å²) in [6.07, 6.45) is -1.87. The first-order valence-corrected chi connectivity index (χ1v) is 7.83. The zero-order valence-electron chi connectivity index (χ0n) is 12.7. The van der Waals surface area contributed by atoms with Gasteiger partial charge in [0.05, 0.1) is 17.6 Å². The van der Waals surface area contributed by atoms with Gasteiger partial charge in [0.25, 0.3) is 0 Å². The fourth-order valence-corrected chi connectivity index (χ4v) is 2.74. The third kappa shape index (κ3) is 4.02. The van der Waals surface area contributed by atoms with Crippen molar-refractivity contribution < 1.29 is 27.8 Å². The van der Waals surface area contributed by atoms with Crippen molar-refractivity contribution in [3.63, 3.8) is 0 Å². The molecule has 0 radical (unpaired) electrons. The molecular formula is C16H9BrF3N3O3. The Kier molecular flexibility index (Phi) is 4.68. The summed E-state index contributed by atoms with van der Waals surface area (Å²) in [5.74, 6) is -1.71. The average molecular weight is 428 g/mol. The summed E-state index contributed by atoms with van der Waals surface area (Å²) in [4.78, 5) is 15.2. The Balaban J connectivity index is 2.16. The summed E-state index contributed by atoms with van der Waals surface area (Å²) >= 11 is 3.13. The molecule has 2 aromatic heterocycles. The lowest BCUT2D eigenvalue weighted by molar-refractivity contribution is -0.274. The highest BCUT2D eigenvalue weighted by Gasteiger charge is 2.31. The van der Waals surface area contributed by atoms with Gasteiger partial charge in [0.1, 0.15) is 5.75 Å². The van der Waals surface area contributed by atoms with E-state index in [4.69, 9.17) is 0 Å². The van der Waals surface area contributed by atoms with Gasteiger partial charge in [-0.1, -0.05) is 15.9 Å². The fraction of sp³-hybridized carbons (Fsp3) is 0.0625. The molecule has 1 aromatic carbocycles. The van der Waals surface area contributed by atoms with Crippen LogP contribution in [0.4, 0.5) is 13.2 Å². The number of hydrogen-bond acceptors (Lipinski definition) is 4. The normalized spacial score (nSPS) is 11.4. The summed E-state index contributed by atoms with van der Waals surface area (Å²) in [5, 5.41) is 13.2. The SMILES string of the molecule is O=C(O)c1cc(-c2cc(Br)cc(OC(F)(F)F)c2)n(-c2cccnc2)n1. The highest BCUT2D eigenvalue weighted by Crippen LogP contribution is 2.33. The van der Waals surface area contributed by atoms with E-state index >= 15 is 0 Å². The Morgan fingerprint density at radius 3 is 2.62 bits per heavy atom. The number of benzene rings is 1. The standard InChI is InChI=1S/C16H9BrF3N3O3/c17-10-4-9(5-12(6-10)26-16(18,19)20)14-7-13(15(24)25)22-23(14)11-2-1-3-21-8-11/h1-8H,(H,24,25). The van der Waals surface area contributed by atoms with E-state index in [1.165, 1.54) is 29.2 Å². The number of carboxylic acid groups (broad SMARTS) is 1. The first-order chi connectivity index (χ1) is 12.2. The number of pyridine rings is 1. The summed E-state index contributed by atoms with van der Waals surface area (Å²) in [6.45, 7) is 0. The van der Waals surface area contributed by atoms with Crippen molar-refractivity contribution in [3.8, 4) is 22.7 Å². The maximum absolute atomic E-state index is 12.5. The Morgan fingerprint density at radius 2 is 2.00 bits per heavy atom. The van der Waals surface area contributed by atoms with Crippen molar-refractivity contribution in [2.45, 2.75) is 6.36 Å². The van der Waals surface area contributed by atoms with E-state index in [0.29, 0.717) is 10.2 Å². The number of carboxylic acids is 1. The van der Waals surface area contributed by atoms with Crippen LogP contribution in [-0.2, 0) is 0 Å². The second-order valence-electron chi connectivity index (χ2n) is 5.07. The number of aromatic carboxylic acids is 1. The molecule has 3 aromatic rings. The highest BCUT2D eigenvalue weighted by molar-refractivity contribution is 9.10. The summed E-state index contributed by atoms with van der Waals surface area (Å²) in [6, 6.07) is 8.35. The predicted octanol–water partition coefficient (Wildman–Crippen LogP) is 4.29. The summed E-state index contributed by atoms with van der Waals surface area (Å²) < 4.78 is 43.1. The van der Waals surface area contributed by atoms with Crippen molar-refractivity contribution >= 4 is 21.9 Å². The molecule has 0 unspecified atom stereocenters. The largest absolute Gasteiger partial charge is 0.573 e. The molecule has 3 rings (SSSR count). The summed E-state index contributed by atoms with van der Waals surface area (Å²) in [7, 11) is 0. The molecule has 0 aliphatic heterocycles. The maximum atomic E-state index is 12.5. The highest BCUT2D eigenvalue weighted by atomic mass is 79.9. The third-order valence-corrected chi connectivity index (χ3v) is 3.68. The summed E-state index contributed by atoms with van der Waals surface area (Å²) in [5.41, 5.74) is 0.738. The van der Waals surface area contributed by atoms with E-state index in [1.54, 1.807) is 12.1 Å². The molecule has 0 saturated carbocycles. The lowest BCUT2D eigenvalue weighted by Crippen LogP contribution is -2.17. The molecule has 0 spiro atoms. The average Bonchev–Trinajstić information content (AvgIpc) is 2.99. The smallest absolute Gasteiger partial charge is 0.476 e. The monoisotopic (exact) mass is 427 g/mol. The lowest BCUT2D eigenvalue weighted by atomic mass is 10.1. The van der Waals surface area contributed by atoms with Crippen LogP contribution in [-0.4, -0.2) is 32.2 Å². The second-order valence-corrected chi connectivity index (χ2v) is 5.98. The third-order valence-electron chi connectivity index (χ3n) is 3.22. The topological polar surface area (TPSA) is 77.2 Å². The Labute approximate surface area is 153 Å². The van der Waals surface area contributed by atoms with Crippen LogP contribution < -0.4 is 4.74 Å². The molecule has 0 fully saturated rings. The van der Waals surface area contributed by atoms with Crippen molar-refractivity contribution in [2.24, 2.45) is 0 Å². The maximum Gasteiger partial charge on any atom is 0.573 e. The van der Waals surface area contributed by atoms with Crippen molar-refractivity contribution in [3.05, 3.63) is 59.0 Å². The lowest BCUT2D eigenvalue weighted by Gasteiger charge is -2.12. The number of hydrogen-bond donors (Lipinski definition) is 1. The number of alkyl halides is 3. The minimum absolute atomic E-state index is 0.262. The van der Waals surface area contributed by atoms with Crippen molar-refractivity contribution in [2.75, 3.05) is 0 Å². The van der Waals surface area contributed by atoms with Gasteiger partial charge in [0.15, 0.2) is 5.69 Å². The number of ether oxygens (including phenoxy) is 1. The van der Waals surface area contributed by atoms with E-state index < -0.39 is 18.1 Å². The van der Waals surface area contributed by atoms with E-state index in [2.05, 4.69) is 30.7 Å².